The molecule has 3 N–H and O–H groups in total. The van der Waals surface area contributed by atoms with Crippen molar-refractivity contribution in [2.45, 2.75) is 39.0 Å². The smallest absolute Gasteiger partial charge is 0.101 e. The Hall–Kier alpha value is -0.830. The lowest BCUT2D eigenvalue weighted by Crippen LogP contribution is -2.24. The molecule has 1 aliphatic rings. The average Bonchev–Trinajstić information content (AvgIpc) is 2.25. The van der Waals surface area contributed by atoms with Gasteiger partial charge in [-0.25, -0.2) is 0 Å². The van der Waals surface area contributed by atoms with E-state index in [4.69, 9.17) is 5.73 Å². The zero-order chi connectivity index (χ0) is 10.2. The fourth-order valence-electron chi connectivity index (χ4n) is 1.47. The molecule has 0 saturated heterocycles. The molecule has 0 radical (unpaired) electrons. The maximum Gasteiger partial charge on any atom is 0.101 e. The second-order valence-electron chi connectivity index (χ2n) is 3.69. The molecule has 0 amide bonds. The quantitative estimate of drug-likeness (QED) is 0.657. The summed E-state index contributed by atoms with van der Waals surface area (Å²) in [7, 11) is 0. The number of nitrogens with zero attached hydrogens (tertiary/aromatic N) is 1. The first-order valence-electron chi connectivity index (χ1n) is 5.54. The van der Waals surface area contributed by atoms with Crippen molar-refractivity contribution in [3.05, 3.63) is 11.8 Å². The summed E-state index contributed by atoms with van der Waals surface area (Å²) in [5, 5.41) is 3.20. The first-order valence-corrected chi connectivity index (χ1v) is 5.54. The van der Waals surface area contributed by atoms with Crippen molar-refractivity contribution < 1.29 is 0 Å². The number of hydrogen-bond acceptors (Lipinski definition) is 2. The molecular weight excluding hydrogens is 174 g/mol. The summed E-state index contributed by atoms with van der Waals surface area (Å²) in [6, 6.07) is 0. The Balaban J connectivity index is 2.23. The van der Waals surface area contributed by atoms with Crippen LogP contribution in [0.2, 0.25) is 0 Å². The zero-order valence-corrected chi connectivity index (χ0v) is 9.05. The van der Waals surface area contributed by atoms with Crippen molar-refractivity contribution >= 4 is 5.84 Å². The Labute approximate surface area is 86.5 Å². The number of hydrogen-bond donors (Lipinski definition) is 2. The van der Waals surface area contributed by atoms with Crippen LogP contribution in [0.1, 0.15) is 39.0 Å². The van der Waals surface area contributed by atoms with Crippen LogP contribution in [0.25, 0.3) is 0 Å². The van der Waals surface area contributed by atoms with Gasteiger partial charge in [-0.15, -0.1) is 0 Å². The summed E-state index contributed by atoms with van der Waals surface area (Å²) in [5.74, 6) is 1.12. The van der Waals surface area contributed by atoms with Gasteiger partial charge in [0.1, 0.15) is 5.84 Å². The SMILES string of the molecule is CCCCCN=C1CCC(CN)=CN1. The number of nitrogens with one attached hydrogen (secondary N) is 1. The second kappa shape index (κ2) is 6.60. The lowest BCUT2D eigenvalue weighted by Gasteiger charge is -2.15. The van der Waals surface area contributed by atoms with Gasteiger partial charge in [0.2, 0.25) is 0 Å². The molecule has 14 heavy (non-hydrogen) atoms. The number of nitrogens with two attached hydrogens (primary N) is 1. The maximum atomic E-state index is 5.54. The normalized spacial score (nSPS) is 19.3. The van der Waals surface area contributed by atoms with Crippen molar-refractivity contribution in [3.8, 4) is 0 Å². The van der Waals surface area contributed by atoms with Gasteiger partial charge in [-0.1, -0.05) is 19.8 Å². The van der Waals surface area contributed by atoms with Gasteiger partial charge in [0.25, 0.3) is 0 Å². The van der Waals surface area contributed by atoms with Gasteiger partial charge in [-0.3, -0.25) is 4.99 Å². The molecule has 0 spiro atoms. The highest BCUT2D eigenvalue weighted by molar-refractivity contribution is 5.84. The van der Waals surface area contributed by atoms with Crippen LogP contribution in [-0.4, -0.2) is 18.9 Å². The lowest BCUT2D eigenvalue weighted by molar-refractivity contribution is 0.723. The number of aliphatic imine (C=N–C) groups is 1. The molecule has 0 bridgehead atoms. The molecule has 3 heteroatoms. The minimum absolute atomic E-state index is 0.663. The second-order valence-corrected chi connectivity index (χ2v) is 3.69. The van der Waals surface area contributed by atoms with Crippen molar-refractivity contribution in [1.82, 2.24) is 5.32 Å². The van der Waals surface area contributed by atoms with Crippen LogP contribution < -0.4 is 11.1 Å². The molecule has 0 fully saturated rings. The Morgan fingerprint density at radius 1 is 1.43 bits per heavy atom. The fraction of sp³-hybridized carbons (Fsp3) is 0.727. The third kappa shape index (κ3) is 3.92. The van der Waals surface area contributed by atoms with Gasteiger partial charge in [0.05, 0.1) is 0 Å². The predicted molar refractivity (Wildman–Crippen MR) is 61.3 cm³/mol. The van der Waals surface area contributed by atoms with Crippen LogP contribution in [0.5, 0.6) is 0 Å². The van der Waals surface area contributed by atoms with Gasteiger partial charge in [0, 0.05) is 25.7 Å². The standard InChI is InChI=1S/C11H21N3/c1-2-3-4-7-13-11-6-5-10(8-12)9-14-11/h9H,2-8,12H2,1H3,(H,13,14). The summed E-state index contributed by atoms with van der Waals surface area (Å²) in [6.45, 7) is 3.83. The van der Waals surface area contributed by atoms with E-state index in [-0.39, 0.29) is 0 Å². The Morgan fingerprint density at radius 2 is 2.29 bits per heavy atom. The van der Waals surface area contributed by atoms with Crippen molar-refractivity contribution in [3.63, 3.8) is 0 Å². The molecule has 0 saturated carbocycles. The van der Waals surface area contributed by atoms with Crippen LogP contribution in [0.3, 0.4) is 0 Å². The fourth-order valence-corrected chi connectivity index (χ4v) is 1.47. The zero-order valence-electron chi connectivity index (χ0n) is 9.05. The van der Waals surface area contributed by atoms with E-state index in [0.717, 1.165) is 25.2 Å². The molecule has 1 aliphatic heterocycles. The van der Waals surface area contributed by atoms with Crippen LogP contribution >= 0.6 is 0 Å². The first kappa shape index (κ1) is 11.2. The Morgan fingerprint density at radius 3 is 2.86 bits per heavy atom. The van der Waals surface area contributed by atoms with Gasteiger partial charge >= 0.3 is 0 Å². The number of amidine groups is 1. The minimum atomic E-state index is 0.663. The third-order valence-electron chi connectivity index (χ3n) is 2.45. The van der Waals surface area contributed by atoms with Crippen molar-refractivity contribution in [2.24, 2.45) is 10.7 Å². The molecule has 0 unspecified atom stereocenters. The predicted octanol–water partition coefficient (Wildman–Crippen LogP) is 1.80. The highest BCUT2D eigenvalue weighted by Gasteiger charge is 2.05. The molecule has 0 aromatic rings. The molecule has 80 valence electrons. The minimum Gasteiger partial charge on any atom is -0.350 e. The van der Waals surface area contributed by atoms with E-state index >= 15 is 0 Å². The highest BCUT2D eigenvalue weighted by atomic mass is 15.0. The van der Waals surface area contributed by atoms with Gasteiger partial charge < -0.3 is 11.1 Å². The van der Waals surface area contributed by atoms with Crippen LogP contribution in [-0.2, 0) is 0 Å². The van der Waals surface area contributed by atoms with Crippen LogP contribution in [0.4, 0.5) is 0 Å². The highest BCUT2D eigenvalue weighted by Crippen LogP contribution is 2.08. The summed E-state index contributed by atoms with van der Waals surface area (Å²) in [6.07, 6.45) is 7.83. The lowest BCUT2D eigenvalue weighted by atomic mass is 10.1. The van der Waals surface area contributed by atoms with E-state index in [2.05, 4.69) is 17.2 Å². The number of unbranched alkanes of at least 4 members (excludes halogenated alkanes) is 2. The van der Waals surface area contributed by atoms with Crippen LogP contribution in [0.15, 0.2) is 16.8 Å². The Bertz CT molecular complexity index is 219. The molecule has 0 aromatic heterocycles. The van der Waals surface area contributed by atoms with E-state index in [9.17, 15) is 0 Å². The van der Waals surface area contributed by atoms with E-state index < -0.39 is 0 Å². The van der Waals surface area contributed by atoms with E-state index in [1.54, 1.807) is 0 Å². The van der Waals surface area contributed by atoms with Crippen LogP contribution in [0, 0.1) is 0 Å². The Kier molecular flexibility index (Phi) is 5.30. The van der Waals surface area contributed by atoms with Gasteiger partial charge in [-0.2, -0.15) is 0 Å². The average molecular weight is 195 g/mol. The summed E-state index contributed by atoms with van der Waals surface area (Å²) in [5.41, 5.74) is 6.83. The topological polar surface area (TPSA) is 50.4 Å². The van der Waals surface area contributed by atoms with Crippen molar-refractivity contribution in [1.29, 1.82) is 0 Å². The third-order valence-corrected chi connectivity index (χ3v) is 2.45. The molecular formula is C11H21N3. The number of rotatable bonds is 5. The maximum absolute atomic E-state index is 5.54. The summed E-state index contributed by atoms with van der Waals surface area (Å²) >= 11 is 0. The molecule has 0 aliphatic carbocycles. The molecule has 0 aromatic carbocycles. The molecule has 1 heterocycles. The van der Waals surface area contributed by atoms with Crippen molar-refractivity contribution in [2.75, 3.05) is 13.1 Å². The van der Waals surface area contributed by atoms with E-state index in [1.165, 1.54) is 24.8 Å². The first-order chi connectivity index (χ1) is 6.86. The molecule has 1 rings (SSSR count). The molecule has 3 nitrogen and oxygen atoms in total. The van der Waals surface area contributed by atoms with Gasteiger partial charge in [-0.05, 0) is 18.4 Å². The van der Waals surface area contributed by atoms with E-state index in [0.29, 0.717) is 6.54 Å². The summed E-state index contributed by atoms with van der Waals surface area (Å²) in [4.78, 5) is 4.51. The monoisotopic (exact) mass is 195 g/mol. The largest absolute Gasteiger partial charge is 0.350 e. The molecule has 0 atom stereocenters. The van der Waals surface area contributed by atoms with Gasteiger partial charge in [0.15, 0.2) is 0 Å². The van der Waals surface area contributed by atoms with E-state index in [1.807, 2.05) is 6.20 Å². The summed E-state index contributed by atoms with van der Waals surface area (Å²) < 4.78 is 0.